The molecule has 1 saturated carbocycles. The highest BCUT2D eigenvalue weighted by molar-refractivity contribution is 7.90. The zero-order valence-corrected chi connectivity index (χ0v) is 19.5. The minimum atomic E-state index is -3.44. The smallest absolute Gasteiger partial charge is 0.260 e. The number of nitrogens with zero attached hydrogens (tertiary/aromatic N) is 1. The molecule has 0 spiro atoms. The fourth-order valence-corrected chi connectivity index (χ4v) is 6.10. The van der Waals surface area contributed by atoms with Gasteiger partial charge in [0.05, 0.1) is 24.0 Å². The van der Waals surface area contributed by atoms with Gasteiger partial charge in [0.2, 0.25) is 10.0 Å². The van der Waals surface area contributed by atoms with E-state index in [9.17, 15) is 13.2 Å². The molecule has 2 atom stereocenters. The minimum Gasteiger partial charge on any atom is -0.483 e. The first-order valence-electron chi connectivity index (χ1n) is 11.4. The fraction of sp³-hybridized carbons (Fsp3) is 0.696. The Morgan fingerprint density at radius 2 is 1.87 bits per heavy atom. The Labute approximate surface area is 185 Å². The van der Waals surface area contributed by atoms with Crippen molar-refractivity contribution < 1.29 is 22.7 Å². The number of aryl methyl sites for hydroxylation is 1. The van der Waals surface area contributed by atoms with Crippen molar-refractivity contribution in [1.29, 1.82) is 0 Å². The Morgan fingerprint density at radius 3 is 2.58 bits per heavy atom. The van der Waals surface area contributed by atoms with Gasteiger partial charge in [0.25, 0.3) is 5.91 Å². The van der Waals surface area contributed by atoms with Crippen LogP contribution >= 0.6 is 0 Å². The van der Waals surface area contributed by atoms with E-state index in [1.165, 1.54) is 11.1 Å². The first-order valence-corrected chi connectivity index (χ1v) is 13.0. The lowest BCUT2D eigenvalue weighted by Gasteiger charge is -2.32. The number of ether oxygens (including phenoxy) is 2. The van der Waals surface area contributed by atoms with Crippen molar-refractivity contribution in [2.45, 2.75) is 82.2 Å². The second-order valence-corrected chi connectivity index (χ2v) is 11.6. The number of amides is 1. The highest BCUT2D eigenvalue weighted by Crippen LogP contribution is 2.40. The van der Waals surface area contributed by atoms with Crippen LogP contribution in [0, 0.1) is 6.92 Å². The van der Waals surface area contributed by atoms with Crippen LogP contribution in [0.4, 0.5) is 0 Å². The van der Waals surface area contributed by atoms with Gasteiger partial charge in [0.15, 0.2) is 6.61 Å². The fourth-order valence-electron chi connectivity index (χ4n) is 5.13. The van der Waals surface area contributed by atoms with Crippen LogP contribution < -0.4 is 9.46 Å². The number of hydrogen-bond acceptors (Lipinski definition) is 5. The van der Waals surface area contributed by atoms with Gasteiger partial charge < -0.3 is 14.4 Å². The van der Waals surface area contributed by atoms with E-state index >= 15 is 0 Å². The molecular formula is C23H34N2O5S. The Balaban J connectivity index is 1.60. The summed E-state index contributed by atoms with van der Waals surface area (Å²) in [6, 6.07) is 5.37. The third kappa shape index (κ3) is 4.76. The summed E-state index contributed by atoms with van der Waals surface area (Å²) >= 11 is 0. The highest BCUT2D eigenvalue weighted by Gasteiger charge is 2.40. The van der Waals surface area contributed by atoms with Gasteiger partial charge >= 0.3 is 0 Å². The van der Waals surface area contributed by atoms with Gasteiger partial charge in [-0.15, -0.1) is 0 Å². The first kappa shape index (κ1) is 22.6. The summed E-state index contributed by atoms with van der Waals surface area (Å²) in [6.07, 6.45) is 4.69. The number of benzene rings is 1. The summed E-state index contributed by atoms with van der Waals surface area (Å²) < 4.78 is 40.1. The summed E-state index contributed by atoms with van der Waals surface area (Å²) in [4.78, 5) is 14.8. The highest BCUT2D eigenvalue weighted by atomic mass is 32.2. The van der Waals surface area contributed by atoms with Gasteiger partial charge in [-0.05, 0) is 70.4 Å². The predicted molar refractivity (Wildman–Crippen MR) is 119 cm³/mol. The normalized spacial score (nSPS) is 29.5. The second-order valence-electron chi connectivity index (χ2n) is 9.34. The first-order chi connectivity index (χ1) is 14.8. The van der Waals surface area contributed by atoms with Gasteiger partial charge in [0, 0.05) is 18.2 Å². The van der Waals surface area contributed by atoms with E-state index < -0.39 is 15.3 Å². The van der Waals surface area contributed by atoms with Crippen LogP contribution in [-0.4, -0.2) is 62.4 Å². The maximum absolute atomic E-state index is 13.1. The third-order valence-corrected chi connectivity index (χ3v) is 8.90. The number of carbonyl (C=O) groups excluding carboxylic acids is 1. The molecule has 1 saturated heterocycles. The van der Waals surface area contributed by atoms with Crippen molar-refractivity contribution in [3.63, 3.8) is 0 Å². The van der Waals surface area contributed by atoms with E-state index in [2.05, 4.69) is 17.7 Å². The molecule has 1 aliphatic carbocycles. The molecule has 1 aromatic carbocycles. The van der Waals surface area contributed by atoms with E-state index in [-0.39, 0.29) is 30.7 Å². The number of sulfonamides is 1. The van der Waals surface area contributed by atoms with E-state index in [0.29, 0.717) is 25.5 Å². The zero-order valence-electron chi connectivity index (χ0n) is 18.7. The van der Waals surface area contributed by atoms with Crippen molar-refractivity contribution in [3.8, 4) is 5.75 Å². The summed E-state index contributed by atoms with van der Waals surface area (Å²) in [5, 5.41) is -0.522. The van der Waals surface area contributed by atoms with Crippen molar-refractivity contribution in [1.82, 2.24) is 9.62 Å². The molecule has 31 heavy (non-hydrogen) atoms. The van der Waals surface area contributed by atoms with Gasteiger partial charge in [-0.3, -0.25) is 4.79 Å². The van der Waals surface area contributed by atoms with Crippen LogP contribution in [0.3, 0.4) is 0 Å². The van der Waals surface area contributed by atoms with Crippen LogP contribution in [0.5, 0.6) is 5.75 Å². The molecule has 2 fully saturated rings. The Kier molecular flexibility index (Phi) is 6.60. The van der Waals surface area contributed by atoms with Crippen molar-refractivity contribution >= 4 is 15.9 Å². The third-order valence-electron chi connectivity index (χ3n) is 7.02. The number of carbonyl (C=O) groups is 1. The molecule has 1 amide bonds. The molecule has 5 rings (SSSR count). The molecule has 8 heteroatoms. The Morgan fingerprint density at radius 1 is 1.13 bits per heavy atom. The molecule has 3 aliphatic heterocycles. The monoisotopic (exact) mass is 450 g/mol. The van der Waals surface area contributed by atoms with Crippen molar-refractivity contribution in [2.24, 2.45) is 0 Å². The Bertz CT molecular complexity index is 909. The SMILES string of the molecule is Cc1cccc2c1C1CCC(CC1)OC[C@H]1C(NS(=O)(=O)C(C)C)CCN1C(=O)CO2. The number of rotatable bonds is 3. The molecule has 1 aromatic rings. The van der Waals surface area contributed by atoms with Gasteiger partial charge in [-0.25, -0.2) is 13.1 Å². The maximum atomic E-state index is 13.1. The van der Waals surface area contributed by atoms with E-state index in [1.807, 2.05) is 12.1 Å². The molecule has 0 radical (unpaired) electrons. The predicted octanol–water partition coefficient (Wildman–Crippen LogP) is 2.73. The lowest BCUT2D eigenvalue weighted by atomic mass is 9.80. The molecule has 172 valence electrons. The van der Waals surface area contributed by atoms with E-state index in [4.69, 9.17) is 9.47 Å². The number of nitrogens with one attached hydrogen (secondary N) is 1. The van der Waals surface area contributed by atoms with Crippen molar-refractivity contribution in [3.05, 3.63) is 29.3 Å². The molecular weight excluding hydrogens is 416 g/mol. The van der Waals surface area contributed by atoms with Crippen LogP contribution in [-0.2, 0) is 19.6 Å². The summed E-state index contributed by atoms with van der Waals surface area (Å²) in [7, 11) is -3.44. The lowest BCUT2D eigenvalue weighted by molar-refractivity contribution is -0.136. The van der Waals surface area contributed by atoms with Crippen LogP contribution in [0.2, 0.25) is 0 Å². The maximum Gasteiger partial charge on any atom is 0.260 e. The molecule has 4 aliphatic rings. The zero-order chi connectivity index (χ0) is 22.2. The standard InChI is InChI=1S/C23H34N2O5S/c1-15(2)31(27,28)24-19-11-12-25-20(19)13-29-18-9-7-17(8-10-18)23-16(3)5-4-6-21(23)30-14-22(25)26/h4-6,15,17-20,24H,7-14H2,1-3H3/t17?,18?,19?,20-/m0/s1. The number of hydrogen-bond donors (Lipinski definition) is 1. The summed E-state index contributed by atoms with van der Waals surface area (Å²) in [5.41, 5.74) is 2.42. The van der Waals surface area contributed by atoms with E-state index in [1.54, 1.807) is 18.7 Å². The molecule has 2 bridgehead atoms. The largest absolute Gasteiger partial charge is 0.483 e. The average molecular weight is 451 g/mol. The molecule has 0 aromatic heterocycles. The molecule has 1 unspecified atom stereocenters. The topological polar surface area (TPSA) is 84.9 Å². The summed E-state index contributed by atoms with van der Waals surface area (Å²) in [6.45, 7) is 6.22. The molecule has 1 N–H and O–H groups in total. The Hall–Kier alpha value is -1.64. The van der Waals surface area contributed by atoms with Gasteiger partial charge in [-0.2, -0.15) is 0 Å². The van der Waals surface area contributed by atoms with Crippen LogP contribution in [0.1, 0.15) is 63.0 Å². The summed E-state index contributed by atoms with van der Waals surface area (Å²) in [5.74, 6) is 1.08. The molecule has 3 heterocycles. The second kappa shape index (κ2) is 9.08. The number of fused-ring (bicyclic) bond motifs is 5. The van der Waals surface area contributed by atoms with E-state index in [0.717, 1.165) is 31.4 Å². The molecule has 7 nitrogen and oxygen atoms in total. The average Bonchev–Trinajstić information content (AvgIpc) is 3.12. The van der Waals surface area contributed by atoms with Gasteiger partial charge in [-0.1, -0.05) is 12.1 Å². The van der Waals surface area contributed by atoms with Crippen LogP contribution in [0.15, 0.2) is 18.2 Å². The minimum absolute atomic E-state index is 0.0489. The lowest BCUT2D eigenvalue weighted by Crippen LogP contribution is -2.51. The van der Waals surface area contributed by atoms with Crippen molar-refractivity contribution in [2.75, 3.05) is 19.8 Å². The quantitative estimate of drug-likeness (QED) is 0.765. The van der Waals surface area contributed by atoms with Gasteiger partial charge in [0.1, 0.15) is 5.75 Å². The van der Waals surface area contributed by atoms with Crippen LogP contribution in [0.25, 0.3) is 0 Å².